The zero-order valence-electron chi connectivity index (χ0n) is 19.6. The molecule has 2 amide bonds. The van der Waals surface area contributed by atoms with Gasteiger partial charge in [0.25, 0.3) is 0 Å². The third kappa shape index (κ3) is 4.59. The number of aromatic nitrogens is 2. The number of carbonyl (C=O) groups excluding carboxylic acids is 2. The number of aryl methyl sites for hydroxylation is 1. The zero-order valence-corrected chi connectivity index (χ0v) is 19.6. The Bertz CT molecular complexity index is 828. The maximum Gasteiger partial charge on any atom is 0.227 e. The monoisotopic (exact) mass is 441 g/mol. The molecule has 0 spiro atoms. The average Bonchev–Trinajstić information content (AvgIpc) is 3.49. The molecule has 0 aromatic carbocycles. The van der Waals surface area contributed by atoms with E-state index in [1.165, 1.54) is 37.7 Å². The molecule has 2 saturated carbocycles. The van der Waals surface area contributed by atoms with Gasteiger partial charge in [-0.05, 0) is 44.4 Å². The molecule has 1 N–H and O–H groups in total. The summed E-state index contributed by atoms with van der Waals surface area (Å²) in [6.45, 7) is 4.84. The van der Waals surface area contributed by atoms with Gasteiger partial charge in [0, 0.05) is 69.9 Å². The summed E-state index contributed by atoms with van der Waals surface area (Å²) in [5, 5.41) is 7.63. The third-order valence-corrected chi connectivity index (χ3v) is 8.39. The van der Waals surface area contributed by atoms with E-state index in [2.05, 4.69) is 26.4 Å². The maximum absolute atomic E-state index is 13.6. The van der Waals surface area contributed by atoms with E-state index in [-0.39, 0.29) is 23.2 Å². The van der Waals surface area contributed by atoms with E-state index in [1.54, 1.807) is 0 Å². The van der Waals surface area contributed by atoms with Gasteiger partial charge in [-0.2, -0.15) is 5.10 Å². The molecule has 5 rings (SSSR count). The van der Waals surface area contributed by atoms with E-state index >= 15 is 0 Å². The summed E-state index contributed by atoms with van der Waals surface area (Å²) in [5.41, 5.74) is 0.811. The number of nitrogens with zero attached hydrogens (tertiary/aromatic N) is 4. The van der Waals surface area contributed by atoms with Crippen molar-refractivity contribution < 1.29 is 9.59 Å². The molecule has 7 heteroatoms. The molecule has 2 atom stereocenters. The summed E-state index contributed by atoms with van der Waals surface area (Å²) in [4.78, 5) is 31.5. The van der Waals surface area contributed by atoms with Gasteiger partial charge in [-0.15, -0.1) is 0 Å². The van der Waals surface area contributed by atoms with Crippen molar-refractivity contribution in [3.63, 3.8) is 0 Å². The lowest BCUT2D eigenvalue weighted by atomic mass is 9.74. The Hall–Kier alpha value is -1.89. The van der Waals surface area contributed by atoms with Crippen LogP contribution in [0, 0.1) is 23.2 Å². The minimum atomic E-state index is -0.376. The van der Waals surface area contributed by atoms with Crippen molar-refractivity contribution in [2.45, 2.75) is 64.3 Å². The molecule has 1 aromatic heterocycles. The van der Waals surface area contributed by atoms with E-state index in [0.717, 1.165) is 65.0 Å². The first-order valence-corrected chi connectivity index (χ1v) is 12.8. The lowest BCUT2D eigenvalue weighted by molar-refractivity contribution is -0.138. The molecule has 3 heterocycles. The Balaban J connectivity index is 1.33. The second kappa shape index (κ2) is 9.16. The standard InChI is InChI=1S/C25H39N5O2/c1-28-14-20(13-27-28)15-29-16-22-17-30(23(31)21-6-3-2-4-7-21)11-5-10-25(22,18-29)24(32)26-12-19-8-9-19/h13-14,19,21-22H,2-12,15-18H2,1H3,(H,26,32)/t22-,25+/m0/s1. The van der Waals surface area contributed by atoms with Crippen LogP contribution in [0.4, 0.5) is 0 Å². The van der Waals surface area contributed by atoms with Gasteiger partial charge in [0.05, 0.1) is 11.6 Å². The van der Waals surface area contributed by atoms with Crippen molar-refractivity contribution in [1.82, 2.24) is 24.9 Å². The molecule has 0 radical (unpaired) electrons. The molecule has 32 heavy (non-hydrogen) atoms. The van der Waals surface area contributed by atoms with Crippen LogP contribution in [0.3, 0.4) is 0 Å². The molecule has 176 valence electrons. The third-order valence-electron chi connectivity index (χ3n) is 8.39. The van der Waals surface area contributed by atoms with Gasteiger partial charge in [-0.25, -0.2) is 0 Å². The minimum Gasteiger partial charge on any atom is -0.355 e. The first-order chi connectivity index (χ1) is 15.5. The van der Waals surface area contributed by atoms with Crippen LogP contribution < -0.4 is 5.32 Å². The molecule has 2 saturated heterocycles. The van der Waals surface area contributed by atoms with Gasteiger partial charge >= 0.3 is 0 Å². The molecule has 2 aliphatic carbocycles. The number of hydrogen-bond acceptors (Lipinski definition) is 4. The molecule has 0 unspecified atom stereocenters. The van der Waals surface area contributed by atoms with E-state index in [4.69, 9.17) is 0 Å². The number of nitrogens with one attached hydrogen (secondary N) is 1. The van der Waals surface area contributed by atoms with Crippen LogP contribution in [0.1, 0.15) is 63.4 Å². The summed E-state index contributed by atoms with van der Waals surface area (Å²) >= 11 is 0. The lowest BCUT2D eigenvalue weighted by Gasteiger charge is -2.34. The van der Waals surface area contributed by atoms with E-state index in [9.17, 15) is 9.59 Å². The largest absolute Gasteiger partial charge is 0.355 e. The Labute approximate surface area is 191 Å². The van der Waals surface area contributed by atoms with Gasteiger partial charge < -0.3 is 10.2 Å². The van der Waals surface area contributed by atoms with Gasteiger partial charge in [-0.1, -0.05) is 19.3 Å². The molecule has 1 aromatic rings. The fraction of sp³-hybridized carbons (Fsp3) is 0.800. The molecular weight excluding hydrogens is 402 g/mol. The summed E-state index contributed by atoms with van der Waals surface area (Å²) < 4.78 is 1.84. The predicted molar refractivity (Wildman–Crippen MR) is 123 cm³/mol. The van der Waals surface area contributed by atoms with Crippen LogP contribution in [0.5, 0.6) is 0 Å². The van der Waals surface area contributed by atoms with Crippen LogP contribution in [0.15, 0.2) is 12.4 Å². The van der Waals surface area contributed by atoms with E-state index in [0.29, 0.717) is 11.8 Å². The molecular formula is C25H39N5O2. The predicted octanol–water partition coefficient (Wildman–Crippen LogP) is 2.57. The number of fused-ring (bicyclic) bond motifs is 1. The average molecular weight is 442 g/mol. The second-order valence-electron chi connectivity index (χ2n) is 10.9. The number of likely N-dealkylation sites (tertiary alicyclic amines) is 2. The number of hydrogen-bond donors (Lipinski definition) is 1. The van der Waals surface area contributed by atoms with Crippen molar-refractivity contribution >= 4 is 11.8 Å². The van der Waals surface area contributed by atoms with E-state index in [1.807, 2.05) is 17.9 Å². The molecule has 7 nitrogen and oxygen atoms in total. The molecule has 0 bridgehead atoms. The smallest absolute Gasteiger partial charge is 0.227 e. The highest BCUT2D eigenvalue weighted by Crippen LogP contribution is 2.44. The maximum atomic E-state index is 13.6. The fourth-order valence-electron chi connectivity index (χ4n) is 6.38. The normalized spacial score (nSPS) is 29.5. The van der Waals surface area contributed by atoms with Crippen molar-refractivity contribution in [3.8, 4) is 0 Å². The number of amides is 2. The van der Waals surface area contributed by atoms with E-state index < -0.39 is 0 Å². The Kier molecular flexibility index (Phi) is 6.28. The fourth-order valence-corrected chi connectivity index (χ4v) is 6.38. The van der Waals surface area contributed by atoms with Crippen molar-refractivity contribution in [2.24, 2.45) is 30.2 Å². The zero-order chi connectivity index (χ0) is 22.1. The van der Waals surface area contributed by atoms with Crippen molar-refractivity contribution in [2.75, 3.05) is 32.7 Å². The highest BCUT2D eigenvalue weighted by Gasteiger charge is 2.53. The summed E-state index contributed by atoms with van der Waals surface area (Å²) in [7, 11) is 1.94. The first kappa shape index (κ1) is 21.9. The van der Waals surface area contributed by atoms with Gasteiger partial charge in [-0.3, -0.25) is 19.2 Å². The Morgan fingerprint density at radius 2 is 1.94 bits per heavy atom. The SMILES string of the molecule is Cn1cc(CN2C[C@H]3CN(C(=O)C4CCCCC4)CCC[C@@]3(C(=O)NCC3CC3)C2)cn1. The van der Waals surface area contributed by atoms with Crippen LogP contribution in [-0.2, 0) is 23.2 Å². The molecule has 4 aliphatic rings. The van der Waals surface area contributed by atoms with Gasteiger partial charge in [0.2, 0.25) is 11.8 Å². The molecule has 4 fully saturated rings. The van der Waals surface area contributed by atoms with Crippen LogP contribution in [0.2, 0.25) is 0 Å². The highest BCUT2D eigenvalue weighted by molar-refractivity contribution is 5.84. The van der Waals surface area contributed by atoms with Crippen LogP contribution >= 0.6 is 0 Å². The minimum absolute atomic E-state index is 0.202. The quantitative estimate of drug-likeness (QED) is 0.737. The second-order valence-corrected chi connectivity index (χ2v) is 10.9. The molecule has 2 aliphatic heterocycles. The van der Waals surface area contributed by atoms with Crippen molar-refractivity contribution in [1.29, 1.82) is 0 Å². The van der Waals surface area contributed by atoms with Gasteiger partial charge in [0.1, 0.15) is 0 Å². The first-order valence-electron chi connectivity index (χ1n) is 12.8. The number of rotatable bonds is 6. The van der Waals surface area contributed by atoms with Crippen LogP contribution in [-0.4, -0.2) is 64.1 Å². The Morgan fingerprint density at radius 1 is 1.12 bits per heavy atom. The summed E-state index contributed by atoms with van der Waals surface area (Å²) in [6.07, 6.45) is 14.0. The lowest BCUT2D eigenvalue weighted by Crippen LogP contribution is -2.49. The summed E-state index contributed by atoms with van der Waals surface area (Å²) in [5.74, 6) is 1.66. The highest BCUT2D eigenvalue weighted by atomic mass is 16.2. The summed E-state index contributed by atoms with van der Waals surface area (Å²) in [6, 6.07) is 0. The van der Waals surface area contributed by atoms with Gasteiger partial charge in [0.15, 0.2) is 0 Å². The van der Waals surface area contributed by atoms with Crippen molar-refractivity contribution in [3.05, 3.63) is 18.0 Å². The number of carbonyl (C=O) groups is 2. The van der Waals surface area contributed by atoms with Crippen LogP contribution in [0.25, 0.3) is 0 Å². The topological polar surface area (TPSA) is 70.5 Å². The Morgan fingerprint density at radius 3 is 2.66 bits per heavy atom.